The van der Waals surface area contributed by atoms with E-state index in [1.807, 2.05) is 20.8 Å². The zero-order valence-corrected chi connectivity index (χ0v) is 14.2. The molecule has 0 saturated heterocycles. The van der Waals surface area contributed by atoms with E-state index >= 15 is 0 Å². The molecule has 0 aliphatic heterocycles. The number of carbonyl (C=O) groups is 2. The average Bonchev–Trinajstić information content (AvgIpc) is 2.51. The normalized spacial score (nSPS) is 11.6. The van der Waals surface area contributed by atoms with Crippen LogP contribution < -0.4 is 25.4 Å². The van der Waals surface area contributed by atoms with Gasteiger partial charge < -0.3 is 25.4 Å². The lowest BCUT2D eigenvalue weighted by Crippen LogP contribution is -2.44. The topological polar surface area (TPSA) is 88.7 Å². The van der Waals surface area contributed by atoms with Crippen LogP contribution in [-0.4, -0.2) is 38.7 Å². The Morgan fingerprint density at radius 3 is 2.35 bits per heavy atom. The van der Waals surface area contributed by atoms with Gasteiger partial charge >= 0.3 is 6.03 Å². The fourth-order valence-corrected chi connectivity index (χ4v) is 2.04. The number of ether oxygens (including phenoxy) is 2. The first kappa shape index (κ1) is 18.6. The van der Waals surface area contributed by atoms with Crippen LogP contribution in [0.5, 0.6) is 11.5 Å². The lowest BCUT2D eigenvalue weighted by molar-refractivity contribution is -0.120. The molecule has 1 rings (SSSR count). The van der Waals surface area contributed by atoms with E-state index in [1.165, 1.54) is 0 Å². The number of methoxy groups -OCH3 is 2. The third-order valence-electron chi connectivity index (χ3n) is 3.11. The molecule has 1 unspecified atom stereocenters. The van der Waals surface area contributed by atoms with Gasteiger partial charge in [-0.05, 0) is 39.0 Å². The van der Waals surface area contributed by atoms with Crippen LogP contribution in [0.1, 0.15) is 32.4 Å². The fourth-order valence-electron chi connectivity index (χ4n) is 2.04. The molecule has 0 aliphatic rings. The zero-order chi connectivity index (χ0) is 17.4. The van der Waals surface area contributed by atoms with Gasteiger partial charge in [-0.1, -0.05) is 0 Å². The summed E-state index contributed by atoms with van der Waals surface area (Å²) in [5.74, 6) is 1.09. The zero-order valence-electron chi connectivity index (χ0n) is 14.2. The Morgan fingerprint density at radius 1 is 1.09 bits per heavy atom. The molecule has 0 heterocycles. The molecule has 1 atom stereocenters. The third-order valence-corrected chi connectivity index (χ3v) is 3.11. The highest BCUT2D eigenvalue weighted by atomic mass is 16.5. The van der Waals surface area contributed by atoms with Gasteiger partial charge in [0.05, 0.1) is 26.8 Å². The van der Waals surface area contributed by atoms with Crippen LogP contribution in [-0.2, 0) is 4.79 Å². The summed E-state index contributed by atoms with van der Waals surface area (Å²) < 4.78 is 10.5. The highest BCUT2D eigenvalue weighted by molar-refractivity contribution is 5.84. The number of benzene rings is 1. The third kappa shape index (κ3) is 6.06. The fraction of sp³-hybridized carbons (Fsp3) is 0.500. The van der Waals surface area contributed by atoms with Crippen molar-refractivity contribution in [2.75, 3.05) is 20.8 Å². The van der Waals surface area contributed by atoms with Crippen molar-refractivity contribution in [1.82, 2.24) is 16.0 Å². The van der Waals surface area contributed by atoms with Crippen molar-refractivity contribution in [2.45, 2.75) is 32.9 Å². The summed E-state index contributed by atoms with van der Waals surface area (Å²) in [4.78, 5) is 23.4. The van der Waals surface area contributed by atoms with E-state index in [2.05, 4.69) is 16.0 Å². The Kier molecular flexibility index (Phi) is 7.18. The molecule has 0 saturated carbocycles. The van der Waals surface area contributed by atoms with Crippen molar-refractivity contribution in [2.24, 2.45) is 0 Å². The standard InChI is InChI=1S/C16H25N3O4/c1-10(2)18-15(20)9-17-16(21)19-11(3)13-8-12(22-4)6-7-14(13)23-5/h6-8,10-11H,9H2,1-5H3,(H,18,20)(H2,17,19,21). The lowest BCUT2D eigenvalue weighted by Gasteiger charge is -2.18. The van der Waals surface area contributed by atoms with Crippen LogP contribution >= 0.6 is 0 Å². The summed E-state index contributed by atoms with van der Waals surface area (Å²) >= 11 is 0. The summed E-state index contributed by atoms with van der Waals surface area (Å²) in [6.45, 7) is 5.46. The van der Waals surface area contributed by atoms with E-state index < -0.39 is 6.03 Å². The second-order valence-corrected chi connectivity index (χ2v) is 5.38. The Bertz CT molecular complexity index is 546. The predicted molar refractivity (Wildman–Crippen MR) is 87.8 cm³/mol. The van der Waals surface area contributed by atoms with Crippen molar-refractivity contribution in [1.29, 1.82) is 0 Å². The van der Waals surface area contributed by atoms with E-state index in [-0.39, 0.29) is 24.5 Å². The van der Waals surface area contributed by atoms with Gasteiger partial charge in [-0.15, -0.1) is 0 Å². The number of carbonyl (C=O) groups excluding carboxylic acids is 2. The molecule has 3 amide bonds. The second-order valence-electron chi connectivity index (χ2n) is 5.38. The van der Waals surface area contributed by atoms with E-state index in [0.717, 1.165) is 5.56 Å². The second kappa shape index (κ2) is 8.87. The van der Waals surface area contributed by atoms with Gasteiger partial charge in [0.1, 0.15) is 11.5 Å². The van der Waals surface area contributed by atoms with E-state index in [1.54, 1.807) is 32.4 Å². The lowest BCUT2D eigenvalue weighted by atomic mass is 10.1. The minimum absolute atomic E-state index is 0.0346. The monoisotopic (exact) mass is 323 g/mol. The van der Waals surface area contributed by atoms with Crippen LogP contribution in [0.3, 0.4) is 0 Å². The first-order valence-corrected chi connectivity index (χ1v) is 7.43. The van der Waals surface area contributed by atoms with Crippen molar-refractivity contribution < 1.29 is 19.1 Å². The maximum Gasteiger partial charge on any atom is 0.315 e. The number of rotatable bonds is 7. The number of urea groups is 1. The number of nitrogens with one attached hydrogen (secondary N) is 3. The molecule has 0 radical (unpaired) electrons. The summed E-state index contributed by atoms with van der Waals surface area (Å²) in [7, 11) is 3.14. The minimum Gasteiger partial charge on any atom is -0.497 e. The number of hydrogen-bond donors (Lipinski definition) is 3. The molecular weight excluding hydrogens is 298 g/mol. The molecule has 0 fully saturated rings. The Labute approximate surface area is 136 Å². The van der Waals surface area contributed by atoms with Crippen LogP contribution in [0.2, 0.25) is 0 Å². The molecule has 0 bridgehead atoms. The molecule has 1 aromatic rings. The van der Waals surface area contributed by atoms with Gasteiger partial charge in [0, 0.05) is 11.6 Å². The highest BCUT2D eigenvalue weighted by Gasteiger charge is 2.15. The molecule has 7 nitrogen and oxygen atoms in total. The summed E-state index contributed by atoms with van der Waals surface area (Å²) in [6.07, 6.45) is 0. The Balaban J connectivity index is 2.63. The first-order valence-electron chi connectivity index (χ1n) is 7.43. The summed E-state index contributed by atoms with van der Waals surface area (Å²) in [5, 5.41) is 7.98. The average molecular weight is 323 g/mol. The summed E-state index contributed by atoms with van der Waals surface area (Å²) in [5.41, 5.74) is 0.786. The molecule has 128 valence electrons. The molecule has 0 spiro atoms. The molecular formula is C16H25N3O4. The highest BCUT2D eigenvalue weighted by Crippen LogP contribution is 2.29. The van der Waals surface area contributed by atoms with E-state index in [0.29, 0.717) is 11.5 Å². The van der Waals surface area contributed by atoms with Crippen molar-refractivity contribution >= 4 is 11.9 Å². The first-order chi connectivity index (χ1) is 10.9. The van der Waals surface area contributed by atoms with Gasteiger partial charge in [0.2, 0.25) is 5.91 Å². The number of hydrogen-bond acceptors (Lipinski definition) is 4. The minimum atomic E-state index is -0.429. The molecule has 3 N–H and O–H groups in total. The SMILES string of the molecule is COc1ccc(OC)c(C(C)NC(=O)NCC(=O)NC(C)C)c1. The van der Waals surface area contributed by atoms with Gasteiger partial charge in [-0.3, -0.25) is 4.79 Å². The van der Waals surface area contributed by atoms with Crippen LogP contribution in [0, 0.1) is 0 Å². The summed E-state index contributed by atoms with van der Waals surface area (Å²) in [6, 6.07) is 4.66. The molecule has 7 heteroatoms. The molecule has 0 aromatic heterocycles. The van der Waals surface area contributed by atoms with Gasteiger partial charge in [0.15, 0.2) is 0 Å². The van der Waals surface area contributed by atoms with Crippen molar-refractivity contribution in [3.63, 3.8) is 0 Å². The van der Waals surface area contributed by atoms with E-state index in [4.69, 9.17) is 9.47 Å². The number of amides is 3. The van der Waals surface area contributed by atoms with Gasteiger partial charge in [0.25, 0.3) is 0 Å². The van der Waals surface area contributed by atoms with Crippen molar-refractivity contribution in [3.8, 4) is 11.5 Å². The Morgan fingerprint density at radius 2 is 1.78 bits per heavy atom. The predicted octanol–water partition coefficient (Wildman–Crippen LogP) is 1.59. The smallest absolute Gasteiger partial charge is 0.315 e. The van der Waals surface area contributed by atoms with E-state index in [9.17, 15) is 9.59 Å². The van der Waals surface area contributed by atoms with Crippen LogP contribution in [0.15, 0.2) is 18.2 Å². The maximum absolute atomic E-state index is 11.9. The quantitative estimate of drug-likeness (QED) is 0.711. The molecule has 23 heavy (non-hydrogen) atoms. The Hall–Kier alpha value is -2.44. The van der Waals surface area contributed by atoms with Gasteiger partial charge in [-0.2, -0.15) is 0 Å². The molecule has 1 aromatic carbocycles. The largest absolute Gasteiger partial charge is 0.497 e. The van der Waals surface area contributed by atoms with Crippen LogP contribution in [0.25, 0.3) is 0 Å². The van der Waals surface area contributed by atoms with Crippen molar-refractivity contribution in [3.05, 3.63) is 23.8 Å². The van der Waals surface area contributed by atoms with Crippen LogP contribution in [0.4, 0.5) is 4.79 Å². The van der Waals surface area contributed by atoms with Gasteiger partial charge in [-0.25, -0.2) is 4.79 Å². The maximum atomic E-state index is 11.9. The molecule has 0 aliphatic carbocycles.